The number of hydrogen-bond donors (Lipinski definition) is 1. The average molecular weight is 234 g/mol. The van der Waals surface area contributed by atoms with Crippen molar-refractivity contribution in [1.82, 2.24) is 4.98 Å². The van der Waals surface area contributed by atoms with E-state index in [0.29, 0.717) is 6.04 Å². The molecular formula is C12H14N2OS. The summed E-state index contributed by atoms with van der Waals surface area (Å²) in [5, 5.41) is 0.734. The minimum Gasteiger partial charge on any atom is -0.431 e. The Labute approximate surface area is 98.4 Å². The molecule has 1 saturated carbocycles. The molecule has 4 heteroatoms. The zero-order valence-electron chi connectivity index (χ0n) is 8.93. The van der Waals surface area contributed by atoms with Gasteiger partial charge in [-0.15, -0.1) is 0 Å². The molecular weight excluding hydrogens is 220 g/mol. The van der Waals surface area contributed by atoms with E-state index in [1.807, 2.05) is 24.3 Å². The molecule has 3 rings (SSSR count). The molecule has 1 fully saturated rings. The van der Waals surface area contributed by atoms with Crippen molar-refractivity contribution in [3.05, 3.63) is 24.3 Å². The van der Waals surface area contributed by atoms with E-state index in [1.165, 1.54) is 12.8 Å². The molecule has 0 aliphatic heterocycles. The van der Waals surface area contributed by atoms with E-state index in [9.17, 15) is 0 Å². The maximum atomic E-state index is 6.03. The Morgan fingerprint density at radius 3 is 3.00 bits per heavy atom. The Balaban J connectivity index is 1.69. The largest absolute Gasteiger partial charge is 0.431 e. The maximum Gasteiger partial charge on any atom is 0.256 e. The predicted octanol–water partition coefficient (Wildman–Crippen LogP) is 2.66. The Kier molecular flexibility index (Phi) is 2.61. The van der Waals surface area contributed by atoms with Gasteiger partial charge < -0.3 is 10.2 Å². The summed E-state index contributed by atoms with van der Waals surface area (Å²) in [6.07, 6.45) is 2.57. The number of oxazole rings is 1. The van der Waals surface area contributed by atoms with Crippen LogP contribution < -0.4 is 5.73 Å². The fourth-order valence-electron chi connectivity index (χ4n) is 1.74. The van der Waals surface area contributed by atoms with Crippen molar-refractivity contribution < 1.29 is 4.42 Å². The van der Waals surface area contributed by atoms with E-state index in [0.717, 1.165) is 28.0 Å². The summed E-state index contributed by atoms with van der Waals surface area (Å²) in [7, 11) is 0. The molecule has 1 aliphatic rings. The van der Waals surface area contributed by atoms with Gasteiger partial charge in [0.05, 0.1) is 0 Å². The minimum absolute atomic E-state index is 0.292. The smallest absolute Gasteiger partial charge is 0.256 e. The summed E-state index contributed by atoms with van der Waals surface area (Å²) in [5.41, 5.74) is 7.80. The summed E-state index contributed by atoms with van der Waals surface area (Å²) in [5.74, 6) is 1.63. The first-order valence-corrected chi connectivity index (χ1v) is 6.55. The van der Waals surface area contributed by atoms with Crippen LogP contribution in [-0.2, 0) is 0 Å². The van der Waals surface area contributed by atoms with E-state index in [2.05, 4.69) is 4.98 Å². The molecule has 0 saturated heterocycles. The van der Waals surface area contributed by atoms with Crippen LogP contribution in [0.2, 0.25) is 0 Å². The average Bonchev–Trinajstić information content (AvgIpc) is 3.06. The number of nitrogens with zero attached hydrogens (tertiary/aromatic N) is 1. The number of rotatable bonds is 4. The van der Waals surface area contributed by atoms with Crippen molar-refractivity contribution in [2.75, 3.05) is 5.75 Å². The summed E-state index contributed by atoms with van der Waals surface area (Å²) in [4.78, 5) is 4.41. The van der Waals surface area contributed by atoms with Gasteiger partial charge in [0.1, 0.15) is 5.52 Å². The Morgan fingerprint density at radius 1 is 1.44 bits per heavy atom. The molecule has 16 heavy (non-hydrogen) atoms. The van der Waals surface area contributed by atoms with E-state index >= 15 is 0 Å². The number of benzene rings is 1. The van der Waals surface area contributed by atoms with Crippen molar-refractivity contribution in [3.63, 3.8) is 0 Å². The Hall–Kier alpha value is -1.00. The molecule has 1 aliphatic carbocycles. The van der Waals surface area contributed by atoms with Gasteiger partial charge in [0.25, 0.3) is 5.22 Å². The summed E-state index contributed by atoms with van der Waals surface area (Å²) < 4.78 is 5.61. The molecule has 3 nitrogen and oxygen atoms in total. The third-order valence-electron chi connectivity index (χ3n) is 2.90. The highest BCUT2D eigenvalue weighted by Crippen LogP contribution is 2.34. The monoisotopic (exact) mass is 234 g/mol. The van der Waals surface area contributed by atoms with Gasteiger partial charge in [-0.05, 0) is 30.9 Å². The highest BCUT2D eigenvalue weighted by Gasteiger charge is 2.28. The van der Waals surface area contributed by atoms with E-state index in [-0.39, 0.29) is 0 Å². The van der Waals surface area contributed by atoms with Crippen molar-refractivity contribution in [1.29, 1.82) is 0 Å². The highest BCUT2D eigenvalue weighted by atomic mass is 32.2. The number of thioether (sulfide) groups is 1. The first kappa shape index (κ1) is 10.2. The van der Waals surface area contributed by atoms with Crippen LogP contribution in [0.15, 0.2) is 33.9 Å². The number of fused-ring (bicyclic) bond motifs is 1. The second-order valence-electron chi connectivity index (χ2n) is 4.26. The van der Waals surface area contributed by atoms with E-state index in [1.54, 1.807) is 11.8 Å². The SMILES string of the molecule is NC(CSc1nc2ccccc2o1)C1CC1. The van der Waals surface area contributed by atoms with Gasteiger partial charge in [-0.3, -0.25) is 0 Å². The van der Waals surface area contributed by atoms with Gasteiger partial charge in [0.2, 0.25) is 0 Å². The van der Waals surface area contributed by atoms with Crippen LogP contribution >= 0.6 is 11.8 Å². The summed E-state index contributed by atoms with van der Waals surface area (Å²) >= 11 is 1.62. The zero-order chi connectivity index (χ0) is 11.0. The fourth-order valence-corrected chi connectivity index (χ4v) is 2.66. The van der Waals surface area contributed by atoms with Crippen LogP contribution in [-0.4, -0.2) is 16.8 Å². The van der Waals surface area contributed by atoms with Crippen LogP contribution in [0, 0.1) is 5.92 Å². The Morgan fingerprint density at radius 2 is 2.25 bits per heavy atom. The second kappa shape index (κ2) is 4.11. The van der Waals surface area contributed by atoms with E-state index in [4.69, 9.17) is 10.2 Å². The molecule has 0 radical (unpaired) electrons. The topological polar surface area (TPSA) is 52.0 Å². The van der Waals surface area contributed by atoms with Gasteiger partial charge in [0.15, 0.2) is 5.58 Å². The lowest BCUT2D eigenvalue weighted by atomic mass is 10.2. The third kappa shape index (κ3) is 2.08. The zero-order valence-corrected chi connectivity index (χ0v) is 9.74. The first-order valence-electron chi connectivity index (χ1n) is 5.57. The maximum absolute atomic E-state index is 6.03. The van der Waals surface area contributed by atoms with Crippen LogP contribution in [0.5, 0.6) is 0 Å². The number of hydrogen-bond acceptors (Lipinski definition) is 4. The number of nitrogens with two attached hydrogens (primary N) is 1. The molecule has 1 atom stereocenters. The predicted molar refractivity (Wildman–Crippen MR) is 65.4 cm³/mol. The lowest BCUT2D eigenvalue weighted by Gasteiger charge is -2.06. The van der Waals surface area contributed by atoms with Gasteiger partial charge in [-0.1, -0.05) is 23.9 Å². The molecule has 1 unspecified atom stereocenters. The normalized spacial score (nSPS) is 17.8. The molecule has 0 amide bonds. The minimum atomic E-state index is 0.292. The fraction of sp³-hybridized carbons (Fsp3) is 0.417. The van der Waals surface area contributed by atoms with Crippen LogP contribution in [0.25, 0.3) is 11.1 Å². The molecule has 84 valence electrons. The number of aromatic nitrogens is 1. The first-order chi connectivity index (χ1) is 7.83. The van der Waals surface area contributed by atoms with Gasteiger partial charge in [-0.25, -0.2) is 4.98 Å². The van der Waals surface area contributed by atoms with Crippen molar-refractivity contribution in [2.45, 2.75) is 24.1 Å². The van der Waals surface area contributed by atoms with Crippen molar-refractivity contribution in [3.8, 4) is 0 Å². The lowest BCUT2D eigenvalue weighted by molar-refractivity contribution is 0.488. The van der Waals surface area contributed by atoms with Crippen LogP contribution in [0.1, 0.15) is 12.8 Å². The van der Waals surface area contributed by atoms with Gasteiger partial charge in [-0.2, -0.15) is 0 Å². The third-order valence-corrected chi connectivity index (χ3v) is 3.87. The molecule has 1 heterocycles. The summed E-state index contributed by atoms with van der Waals surface area (Å²) in [6, 6.07) is 8.12. The van der Waals surface area contributed by atoms with Crippen molar-refractivity contribution in [2.24, 2.45) is 11.7 Å². The van der Waals surface area contributed by atoms with Crippen molar-refractivity contribution >= 4 is 22.9 Å². The molecule has 2 aromatic rings. The Bertz CT molecular complexity index is 459. The lowest BCUT2D eigenvalue weighted by Crippen LogP contribution is -2.24. The molecule has 0 bridgehead atoms. The van der Waals surface area contributed by atoms with Crippen LogP contribution in [0.4, 0.5) is 0 Å². The molecule has 1 aromatic heterocycles. The standard InChI is InChI=1S/C12H14N2OS/c13-9(8-5-6-8)7-16-12-14-10-3-1-2-4-11(10)15-12/h1-4,8-9H,5-7,13H2. The molecule has 1 aromatic carbocycles. The van der Waals surface area contributed by atoms with Gasteiger partial charge >= 0.3 is 0 Å². The highest BCUT2D eigenvalue weighted by molar-refractivity contribution is 7.99. The molecule has 0 spiro atoms. The second-order valence-corrected chi connectivity index (χ2v) is 5.23. The molecule has 2 N–H and O–H groups in total. The van der Waals surface area contributed by atoms with Gasteiger partial charge in [0, 0.05) is 11.8 Å². The number of para-hydroxylation sites is 2. The quantitative estimate of drug-likeness (QED) is 0.826. The van der Waals surface area contributed by atoms with E-state index < -0.39 is 0 Å². The summed E-state index contributed by atoms with van der Waals surface area (Å²) in [6.45, 7) is 0. The van der Waals surface area contributed by atoms with Crippen LogP contribution in [0.3, 0.4) is 0 Å².